The van der Waals surface area contributed by atoms with Gasteiger partial charge >= 0.3 is 0 Å². The number of aromatic nitrogens is 1. The summed E-state index contributed by atoms with van der Waals surface area (Å²) in [5, 5.41) is 37.4. The number of aryl methyl sites for hydroxylation is 1. The molecule has 0 amide bonds. The van der Waals surface area contributed by atoms with E-state index in [4.69, 9.17) is 0 Å². The van der Waals surface area contributed by atoms with Crippen LogP contribution in [0.5, 0.6) is 11.5 Å². The number of H-pyrrole nitrogens is 1. The summed E-state index contributed by atoms with van der Waals surface area (Å²) in [6, 6.07) is 11.5. The number of aromatic amines is 1. The first-order chi connectivity index (χ1) is 13.3. The molecule has 28 heavy (non-hydrogen) atoms. The van der Waals surface area contributed by atoms with E-state index in [2.05, 4.69) is 29.4 Å². The average molecular weight is 378 g/mol. The number of rotatable bonds is 2. The molecular formula is C23H26N2O3. The lowest BCUT2D eigenvalue weighted by molar-refractivity contribution is -0.0867. The summed E-state index contributed by atoms with van der Waals surface area (Å²) in [4.78, 5) is 3.54. The van der Waals surface area contributed by atoms with Gasteiger partial charge in [0.2, 0.25) is 0 Å². The number of phenolic OH excluding ortho intramolecular Hbond substituents is 2. The summed E-state index contributed by atoms with van der Waals surface area (Å²) in [7, 11) is 0. The zero-order valence-electron chi connectivity index (χ0n) is 16.2. The molecule has 1 aliphatic heterocycles. The van der Waals surface area contributed by atoms with E-state index in [0.717, 1.165) is 23.3 Å². The summed E-state index contributed by atoms with van der Waals surface area (Å²) in [6.45, 7) is 4.73. The molecule has 1 aliphatic carbocycles. The maximum atomic E-state index is 11.7. The maximum Gasteiger partial charge on any atom is 0.161 e. The monoisotopic (exact) mass is 378 g/mol. The van der Waals surface area contributed by atoms with Gasteiger partial charge < -0.3 is 25.6 Å². The summed E-state index contributed by atoms with van der Waals surface area (Å²) in [5.41, 5.74) is 3.26. The molecule has 146 valence electrons. The second kappa shape index (κ2) is 5.75. The Morgan fingerprint density at radius 3 is 2.71 bits per heavy atom. The van der Waals surface area contributed by atoms with Crippen molar-refractivity contribution in [3.63, 3.8) is 0 Å². The van der Waals surface area contributed by atoms with E-state index < -0.39 is 11.0 Å². The Hall–Kier alpha value is -2.50. The first kappa shape index (κ1) is 17.6. The molecule has 3 atom stereocenters. The van der Waals surface area contributed by atoms with Gasteiger partial charge in [0.15, 0.2) is 11.5 Å². The molecule has 1 aromatic heterocycles. The van der Waals surface area contributed by atoms with Gasteiger partial charge in [0.05, 0.1) is 5.60 Å². The predicted octanol–water partition coefficient (Wildman–Crippen LogP) is 3.04. The van der Waals surface area contributed by atoms with Crippen LogP contribution in [0.2, 0.25) is 0 Å². The summed E-state index contributed by atoms with van der Waals surface area (Å²) in [6.07, 6.45) is 1.88. The Morgan fingerprint density at radius 2 is 1.93 bits per heavy atom. The lowest BCUT2D eigenvalue weighted by atomic mass is 9.53. The number of benzene rings is 2. The fraction of sp³-hybridized carbons (Fsp3) is 0.391. The van der Waals surface area contributed by atoms with Crippen molar-refractivity contribution in [2.24, 2.45) is 0 Å². The van der Waals surface area contributed by atoms with Gasteiger partial charge in [-0.25, -0.2) is 0 Å². The summed E-state index contributed by atoms with van der Waals surface area (Å²) in [5.74, 6) is -0.217. The zero-order valence-corrected chi connectivity index (χ0v) is 16.2. The van der Waals surface area contributed by atoms with Crippen LogP contribution in [0, 0.1) is 6.92 Å². The van der Waals surface area contributed by atoms with Crippen LogP contribution in [-0.4, -0.2) is 38.5 Å². The molecule has 0 spiro atoms. The minimum atomic E-state index is -1.06. The number of fused-ring (bicyclic) bond motifs is 5. The van der Waals surface area contributed by atoms with Crippen LogP contribution in [0.3, 0.4) is 0 Å². The van der Waals surface area contributed by atoms with E-state index in [-0.39, 0.29) is 17.5 Å². The quantitative estimate of drug-likeness (QED) is 0.444. The van der Waals surface area contributed by atoms with Crippen LogP contribution in [0.15, 0.2) is 36.4 Å². The third kappa shape index (κ3) is 2.14. The highest BCUT2D eigenvalue weighted by Crippen LogP contribution is 2.55. The smallest absolute Gasteiger partial charge is 0.161 e. The van der Waals surface area contributed by atoms with Crippen LogP contribution in [0.1, 0.15) is 35.7 Å². The van der Waals surface area contributed by atoms with Crippen molar-refractivity contribution in [1.29, 1.82) is 0 Å². The first-order valence-electron chi connectivity index (χ1n) is 9.91. The standard InChI is InChI=1S/C23H26N2O3/c1-13-15-5-3-4-6-16(15)25-17(13)12-23-9-10-24-19(22(23,2)28)11-14-7-8-18(26)21(27)20(14)23/h3-8,19,24-28H,9-12H2,1-2H3. The van der Waals surface area contributed by atoms with Gasteiger partial charge in [-0.2, -0.15) is 0 Å². The number of phenols is 2. The summed E-state index contributed by atoms with van der Waals surface area (Å²) >= 11 is 0. The van der Waals surface area contributed by atoms with Crippen molar-refractivity contribution in [3.8, 4) is 11.5 Å². The van der Waals surface area contributed by atoms with Gasteiger partial charge in [-0.05, 0) is 56.5 Å². The molecule has 5 nitrogen and oxygen atoms in total. The van der Waals surface area contributed by atoms with Crippen LogP contribution >= 0.6 is 0 Å². The number of hydrogen-bond donors (Lipinski definition) is 5. The van der Waals surface area contributed by atoms with Crippen molar-refractivity contribution >= 4 is 10.9 Å². The molecule has 1 saturated heterocycles. The van der Waals surface area contributed by atoms with Gasteiger partial charge in [0, 0.05) is 40.0 Å². The Bertz CT molecular complexity index is 1080. The maximum absolute atomic E-state index is 11.7. The second-order valence-electron chi connectivity index (χ2n) is 8.61. The molecule has 2 bridgehead atoms. The average Bonchev–Trinajstić information content (AvgIpc) is 2.96. The highest BCUT2D eigenvalue weighted by Gasteiger charge is 2.59. The van der Waals surface area contributed by atoms with Crippen molar-refractivity contribution in [2.75, 3.05) is 6.54 Å². The largest absolute Gasteiger partial charge is 0.504 e. The highest BCUT2D eigenvalue weighted by atomic mass is 16.3. The van der Waals surface area contributed by atoms with Gasteiger partial charge in [-0.1, -0.05) is 24.3 Å². The normalized spacial score (nSPS) is 29.0. The van der Waals surface area contributed by atoms with E-state index >= 15 is 0 Å². The third-order valence-electron chi connectivity index (χ3n) is 7.28. The highest BCUT2D eigenvalue weighted by molar-refractivity contribution is 5.84. The molecule has 5 rings (SSSR count). The van der Waals surface area contributed by atoms with Crippen molar-refractivity contribution in [3.05, 3.63) is 58.8 Å². The number of hydrogen-bond acceptors (Lipinski definition) is 4. The minimum absolute atomic E-state index is 0.0908. The Labute approximate surface area is 164 Å². The molecule has 2 aliphatic rings. The zero-order chi connectivity index (χ0) is 19.7. The molecular weight excluding hydrogens is 352 g/mol. The van der Waals surface area contributed by atoms with Crippen molar-refractivity contribution < 1.29 is 15.3 Å². The molecule has 0 radical (unpaired) electrons. The Balaban J connectivity index is 1.75. The van der Waals surface area contributed by atoms with Gasteiger partial charge in [-0.3, -0.25) is 0 Å². The minimum Gasteiger partial charge on any atom is -0.504 e. The van der Waals surface area contributed by atoms with Crippen LogP contribution in [0.4, 0.5) is 0 Å². The number of aromatic hydroxyl groups is 2. The molecule has 3 aromatic rings. The fourth-order valence-electron chi connectivity index (χ4n) is 5.61. The lowest BCUT2D eigenvalue weighted by Crippen LogP contribution is -2.70. The van der Waals surface area contributed by atoms with Gasteiger partial charge in [0.25, 0.3) is 0 Å². The van der Waals surface area contributed by atoms with Crippen molar-refractivity contribution in [2.45, 2.75) is 50.2 Å². The van der Waals surface area contributed by atoms with Crippen LogP contribution < -0.4 is 5.32 Å². The number of piperidine rings is 1. The third-order valence-corrected chi connectivity index (χ3v) is 7.28. The molecule has 0 saturated carbocycles. The Kier molecular flexibility index (Phi) is 3.61. The molecule has 3 unspecified atom stereocenters. The van der Waals surface area contributed by atoms with Crippen molar-refractivity contribution in [1.82, 2.24) is 10.3 Å². The fourth-order valence-corrected chi connectivity index (χ4v) is 5.61. The molecule has 5 heteroatoms. The summed E-state index contributed by atoms with van der Waals surface area (Å²) < 4.78 is 0. The van der Waals surface area contributed by atoms with E-state index in [1.165, 1.54) is 10.9 Å². The predicted molar refractivity (Wildman–Crippen MR) is 109 cm³/mol. The first-order valence-corrected chi connectivity index (χ1v) is 9.91. The topological polar surface area (TPSA) is 88.5 Å². The SMILES string of the molecule is Cc1c(CC23CCNC(Cc4ccc(O)c(O)c42)C3(C)O)[nH]c2ccccc12. The number of para-hydroxylation sites is 1. The molecule has 2 aromatic carbocycles. The van der Waals surface area contributed by atoms with Crippen LogP contribution in [0.25, 0.3) is 10.9 Å². The van der Waals surface area contributed by atoms with E-state index in [0.29, 0.717) is 24.8 Å². The molecule has 1 fully saturated rings. The van der Waals surface area contributed by atoms with E-state index in [1.54, 1.807) is 6.07 Å². The second-order valence-corrected chi connectivity index (χ2v) is 8.61. The van der Waals surface area contributed by atoms with Gasteiger partial charge in [-0.15, -0.1) is 0 Å². The molecule has 2 heterocycles. The van der Waals surface area contributed by atoms with E-state index in [1.807, 2.05) is 25.1 Å². The van der Waals surface area contributed by atoms with Crippen LogP contribution in [-0.2, 0) is 18.3 Å². The number of aliphatic hydroxyl groups is 1. The van der Waals surface area contributed by atoms with Gasteiger partial charge in [0.1, 0.15) is 0 Å². The number of nitrogens with one attached hydrogen (secondary N) is 2. The molecule has 5 N–H and O–H groups in total. The Morgan fingerprint density at radius 1 is 1.14 bits per heavy atom. The lowest BCUT2D eigenvalue weighted by Gasteiger charge is -2.57. The van der Waals surface area contributed by atoms with E-state index in [9.17, 15) is 15.3 Å².